The van der Waals surface area contributed by atoms with Gasteiger partial charge in [0.1, 0.15) is 0 Å². The third-order valence-electron chi connectivity index (χ3n) is 4.29. The predicted molar refractivity (Wildman–Crippen MR) is 83.0 cm³/mol. The molecule has 0 amide bonds. The number of nitrogens with one attached hydrogen (secondary N) is 1. The van der Waals surface area contributed by atoms with Crippen LogP contribution < -0.4 is 5.32 Å². The topological polar surface area (TPSA) is 29.9 Å². The van der Waals surface area contributed by atoms with E-state index < -0.39 is 0 Å². The Bertz CT molecular complexity index is 581. The molecule has 1 N–H and O–H groups in total. The maximum absolute atomic E-state index is 4.40. The van der Waals surface area contributed by atoms with E-state index in [0.717, 1.165) is 6.42 Å². The molecular formula is C17H23N3. The van der Waals surface area contributed by atoms with E-state index in [4.69, 9.17) is 0 Å². The highest BCUT2D eigenvalue weighted by atomic mass is 15.3. The molecule has 0 saturated carbocycles. The van der Waals surface area contributed by atoms with Gasteiger partial charge in [-0.05, 0) is 42.9 Å². The molecule has 0 aliphatic heterocycles. The minimum Gasteiger partial charge on any atom is -0.378 e. The molecule has 0 radical (unpaired) electrons. The molecule has 2 aromatic rings. The zero-order chi connectivity index (χ0) is 14.1. The first kappa shape index (κ1) is 13.2. The van der Waals surface area contributed by atoms with Crippen LogP contribution in [0.2, 0.25) is 0 Å². The zero-order valence-electron chi connectivity index (χ0n) is 12.6. The van der Waals surface area contributed by atoms with Gasteiger partial charge in [0.2, 0.25) is 0 Å². The van der Waals surface area contributed by atoms with E-state index in [2.05, 4.69) is 48.5 Å². The Hall–Kier alpha value is -1.77. The number of nitrogens with zero attached hydrogens (tertiary/aromatic N) is 2. The first-order valence-electron chi connectivity index (χ1n) is 7.52. The van der Waals surface area contributed by atoms with Crippen LogP contribution >= 0.6 is 0 Å². The van der Waals surface area contributed by atoms with Crippen molar-refractivity contribution in [1.29, 1.82) is 0 Å². The van der Waals surface area contributed by atoms with Gasteiger partial charge in [-0.1, -0.05) is 26.0 Å². The highest BCUT2D eigenvalue weighted by molar-refractivity contribution is 5.48. The molecule has 20 heavy (non-hydrogen) atoms. The predicted octanol–water partition coefficient (Wildman–Crippen LogP) is 4.03. The van der Waals surface area contributed by atoms with Crippen molar-refractivity contribution >= 4 is 5.69 Å². The average Bonchev–Trinajstić information content (AvgIpc) is 2.82. The molecule has 0 spiro atoms. The second kappa shape index (κ2) is 5.31. The number of hydrogen-bond acceptors (Lipinski definition) is 2. The summed E-state index contributed by atoms with van der Waals surface area (Å²) in [5.74, 6) is 0.587. The van der Waals surface area contributed by atoms with Crippen molar-refractivity contribution in [1.82, 2.24) is 9.78 Å². The summed E-state index contributed by atoms with van der Waals surface area (Å²) in [5.41, 5.74) is 5.34. The molecule has 1 unspecified atom stereocenters. The number of benzene rings is 1. The van der Waals surface area contributed by atoms with E-state index >= 15 is 0 Å². The summed E-state index contributed by atoms with van der Waals surface area (Å²) in [4.78, 5) is 0. The molecule has 3 heteroatoms. The Labute approximate surface area is 121 Å². The van der Waals surface area contributed by atoms with Crippen molar-refractivity contribution in [2.75, 3.05) is 5.32 Å². The summed E-state index contributed by atoms with van der Waals surface area (Å²) in [7, 11) is 2.04. The molecule has 0 fully saturated rings. The van der Waals surface area contributed by atoms with Crippen LogP contribution in [0.4, 0.5) is 5.69 Å². The fraction of sp³-hybridized carbons (Fsp3) is 0.471. The van der Waals surface area contributed by atoms with Crippen molar-refractivity contribution < 1.29 is 0 Å². The molecule has 1 atom stereocenters. The lowest BCUT2D eigenvalue weighted by molar-refractivity contribution is 0.571. The van der Waals surface area contributed by atoms with Crippen LogP contribution in [-0.2, 0) is 13.5 Å². The van der Waals surface area contributed by atoms with Gasteiger partial charge in [-0.2, -0.15) is 5.10 Å². The van der Waals surface area contributed by atoms with Gasteiger partial charge in [0.15, 0.2) is 0 Å². The Balaban J connectivity index is 1.78. The molecule has 106 valence electrons. The van der Waals surface area contributed by atoms with Crippen LogP contribution in [0.3, 0.4) is 0 Å². The van der Waals surface area contributed by atoms with Gasteiger partial charge < -0.3 is 5.32 Å². The molecule has 1 heterocycles. The minimum absolute atomic E-state index is 0.400. The highest BCUT2D eigenvalue weighted by Gasteiger charge is 2.23. The summed E-state index contributed by atoms with van der Waals surface area (Å²) in [6.45, 7) is 4.46. The van der Waals surface area contributed by atoms with E-state index in [0.29, 0.717) is 12.0 Å². The molecule has 0 bridgehead atoms. The third-order valence-corrected chi connectivity index (χ3v) is 4.29. The molecule has 3 rings (SSSR count). The second-order valence-electron chi connectivity index (χ2n) is 6.04. The number of aromatic nitrogens is 2. The van der Waals surface area contributed by atoms with Gasteiger partial charge >= 0.3 is 0 Å². The van der Waals surface area contributed by atoms with Crippen molar-refractivity contribution in [3.05, 3.63) is 47.3 Å². The maximum Gasteiger partial charge on any atom is 0.0547 e. The van der Waals surface area contributed by atoms with Crippen LogP contribution in [-0.4, -0.2) is 9.78 Å². The molecule has 1 aromatic carbocycles. The van der Waals surface area contributed by atoms with E-state index in [-0.39, 0.29) is 0 Å². The smallest absolute Gasteiger partial charge is 0.0547 e. The number of hydrogen-bond donors (Lipinski definition) is 1. The lowest BCUT2D eigenvalue weighted by Crippen LogP contribution is -2.17. The first-order valence-corrected chi connectivity index (χ1v) is 7.52. The Kier molecular flexibility index (Phi) is 3.51. The molecule has 1 aliphatic carbocycles. The summed E-state index contributed by atoms with van der Waals surface area (Å²) in [6.07, 6.45) is 5.59. The van der Waals surface area contributed by atoms with Gasteiger partial charge in [0, 0.05) is 24.0 Å². The number of fused-ring (bicyclic) bond motifs is 1. The normalized spacial score (nSPS) is 18.1. The van der Waals surface area contributed by atoms with Crippen molar-refractivity contribution in [3.63, 3.8) is 0 Å². The van der Waals surface area contributed by atoms with E-state index in [1.54, 1.807) is 0 Å². The van der Waals surface area contributed by atoms with Crippen LogP contribution in [0.1, 0.15) is 55.5 Å². The van der Waals surface area contributed by atoms with Crippen LogP contribution in [0, 0.1) is 0 Å². The van der Waals surface area contributed by atoms with E-state index in [1.165, 1.54) is 35.3 Å². The largest absolute Gasteiger partial charge is 0.378 e. The van der Waals surface area contributed by atoms with Gasteiger partial charge in [-0.25, -0.2) is 0 Å². The number of anilines is 1. The summed E-state index contributed by atoms with van der Waals surface area (Å²) in [5, 5.41) is 8.07. The van der Waals surface area contributed by atoms with Crippen LogP contribution in [0.15, 0.2) is 30.5 Å². The highest BCUT2D eigenvalue weighted by Crippen LogP contribution is 2.32. The van der Waals surface area contributed by atoms with Gasteiger partial charge in [0.05, 0.1) is 12.2 Å². The molecule has 3 nitrogen and oxygen atoms in total. The third kappa shape index (κ3) is 2.45. The lowest BCUT2D eigenvalue weighted by atomic mass is 9.92. The first-order chi connectivity index (χ1) is 9.65. The second-order valence-corrected chi connectivity index (χ2v) is 6.04. The Morgan fingerprint density at radius 1 is 1.25 bits per heavy atom. The van der Waals surface area contributed by atoms with E-state index in [1.807, 2.05) is 17.9 Å². The minimum atomic E-state index is 0.400. The van der Waals surface area contributed by atoms with Crippen LogP contribution in [0.5, 0.6) is 0 Å². The fourth-order valence-corrected chi connectivity index (χ4v) is 3.02. The lowest BCUT2D eigenvalue weighted by Gasteiger charge is -2.25. The molecule has 0 saturated heterocycles. The van der Waals surface area contributed by atoms with Crippen LogP contribution in [0.25, 0.3) is 0 Å². The average molecular weight is 269 g/mol. The van der Waals surface area contributed by atoms with Crippen molar-refractivity contribution in [3.8, 4) is 0 Å². The van der Waals surface area contributed by atoms with Gasteiger partial charge in [0.25, 0.3) is 0 Å². The SMILES string of the molecule is CC(C)c1ccc(NC2CCCc3c2cnn3C)cc1. The standard InChI is InChI=1S/C17H23N3/c1-12(2)13-7-9-14(10-8-13)19-16-5-4-6-17-15(16)11-18-20(17)3/h7-12,16,19H,4-6H2,1-3H3. The summed E-state index contributed by atoms with van der Waals surface area (Å²) in [6, 6.07) is 9.23. The monoisotopic (exact) mass is 269 g/mol. The maximum atomic E-state index is 4.40. The summed E-state index contributed by atoms with van der Waals surface area (Å²) >= 11 is 0. The zero-order valence-corrected chi connectivity index (χ0v) is 12.6. The van der Waals surface area contributed by atoms with E-state index in [9.17, 15) is 0 Å². The van der Waals surface area contributed by atoms with Gasteiger partial charge in [-0.15, -0.1) is 0 Å². The Morgan fingerprint density at radius 2 is 2.00 bits per heavy atom. The van der Waals surface area contributed by atoms with Crippen molar-refractivity contribution in [2.24, 2.45) is 7.05 Å². The fourth-order valence-electron chi connectivity index (χ4n) is 3.02. The molecular weight excluding hydrogens is 246 g/mol. The summed E-state index contributed by atoms with van der Waals surface area (Å²) < 4.78 is 2.02. The quantitative estimate of drug-likeness (QED) is 0.911. The number of aryl methyl sites for hydroxylation is 1. The number of rotatable bonds is 3. The van der Waals surface area contributed by atoms with Crippen molar-refractivity contribution in [2.45, 2.75) is 45.1 Å². The Morgan fingerprint density at radius 3 is 2.70 bits per heavy atom. The molecule has 1 aromatic heterocycles. The van der Waals surface area contributed by atoms with Gasteiger partial charge in [-0.3, -0.25) is 4.68 Å². The molecule has 1 aliphatic rings.